The number of hydrogen-bond acceptors (Lipinski definition) is 7. The van der Waals surface area contributed by atoms with Crippen LogP contribution in [-0.4, -0.2) is 59.8 Å². The fourth-order valence-electron chi connectivity index (χ4n) is 0.793. The van der Waals surface area contributed by atoms with Crippen LogP contribution in [0, 0.1) is 0 Å². The summed E-state index contributed by atoms with van der Waals surface area (Å²) in [5, 5.41) is 25.4. The zero-order valence-corrected chi connectivity index (χ0v) is 12.3. The van der Waals surface area contributed by atoms with Gasteiger partial charge >= 0.3 is 11.9 Å². The van der Waals surface area contributed by atoms with Crippen molar-refractivity contribution in [2.45, 2.75) is 25.9 Å². The van der Waals surface area contributed by atoms with Gasteiger partial charge in [0, 0.05) is 18.3 Å². The molecule has 0 spiro atoms. The number of aliphatic hydroxyl groups excluding tert-OH is 3. The second kappa shape index (κ2) is 14.7. The molecule has 0 heterocycles. The highest BCUT2D eigenvalue weighted by atomic mass is 16.5. The third-order valence-corrected chi connectivity index (χ3v) is 1.93. The van der Waals surface area contributed by atoms with Gasteiger partial charge in [-0.25, -0.2) is 9.59 Å². The minimum Gasteiger partial charge on any atom is -0.463 e. The maximum absolute atomic E-state index is 10.6. The number of hydrogen-bond donors (Lipinski definition) is 3. The lowest BCUT2D eigenvalue weighted by Gasteiger charge is -2.07. The van der Waals surface area contributed by atoms with Gasteiger partial charge in [-0.05, 0) is 19.8 Å². The second-order valence-corrected chi connectivity index (χ2v) is 4.02. The highest BCUT2D eigenvalue weighted by Crippen LogP contribution is 1.93. The molecule has 122 valence electrons. The summed E-state index contributed by atoms with van der Waals surface area (Å²) in [4.78, 5) is 21.0. The van der Waals surface area contributed by atoms with E-state index in [1.807, 2.05) is 0 Å². The van der Waals surface area contributed by atoms with E-state index in [0.29, 0.717) is 19.4 Å². The number of carbonyl (C=O) groups is 2. The van der Waals surface area contributed by atoms with E-state index in [9.17, 15) is 9.59 Å². The first-order chi connectivity index (χ1) is 9.88. The highest BCUT2D eigenvalue weighted by molar-refractivity contribution is 5.86. The molecule has 0 aliphatic rings. The van der Waals surface area contributed by atoms with E-state index in [0.717, 1.165) is 6.08 Å². The third kappa shape index (κ3) is 16.2. The van der Waals surface area contributed by atoms with E-state index in [4.69, 9.17) is 15.3 Å². The monoisotopic (exact) mass is 304 g/mol. The van der Waals surface area contributed by atoms with Crippen LogP contribution in [-0.2, 0) is 19.1 Å². The Morgan fingerprint density at radius 3 is 2.29 bits per heavy atom. The van der Waals surface area contributed by atoms with Gasteiger partial charge < -0.3 is 24.8 Å². The van der Waals surface area contributed by atoms with E-state index >= 15 is 0 Å². The van der Waals surface area contributed by atoms with Crippen LogP contribution in [0.1, 0.15) is 19.8 Å². The molecule has 0 aliphatic heterocycles. The summed E-state index contributed by atoms with van der Waals surface area (Å²) < 4.78 is 9.13. The topological polar surface area (TPSA) is 113 Å². The van der Waals surface area contributed by atoms with Crippen LogP contribution in [0.25, 0.3) is 0 Å². The first-order valence-corrected chi connectivity index (χ1v) is 6.40. The molecule has 0 bridgehead atoms. The first kappa shape index (κ1) is 21.6. The van der Waals surface area contributed by atoms with Gasteiger partial charge in [0.2, 0.25) is 0 Å². The molecule has 0 rings (SSSR count). The average molecular weight is 304 g/mol. The Bertz CT molecular complexity index is 325. The summed E-state index contributed by atoms with van der Waals surface area (Å²) in [5.41, 5.74) is 0.273. The van der Waals surface area contributed by atoms with Gasteiger partial charge in [-0.15, -0.1) is 0 Å². The lowest BCUT2D eigenvalue weighted by molar-refractivity contribution is -0.142. The zero-order chi connectivity index (χ0) is 16.7. The highest BCUT2D eigenvalue weighted by Gasteiger charge is 2.07. The number of carbonyl (C=O) groups excluding carboxylic acids is 2. The van der Waals surface area contributed by atoms with E-state index < -0.39 is 24.6 Å². The third-order valence-electron chi connectivity index (χ3n) is 1.93. The average Bonchev–Trinajstić information content (AvgIpc) is 2.48. The molecule has 0 radical (unpaired) electrons. The Balaban J connectivity index is 0. The van der Waals surface area contributed by atoms with Gasteiger partial charge in [-0.1, -0.05) is 13.2 Å². The number of ether oxygens (including phenoxy) is 2. The minimum atomic E-state index is -1.00. The Labute approximate surface area is 124 Å². The molecule has 0 aliphatic carbocycles. The zero-order valence-electron chi connectivity index (χ0n) is 12.3. The number of esters is 2. The number of aliphatic hydroxyl groups is 3. The molecule has 21 heavy (non-hydrogen) atoms. The van der Waals surface area contributed by atoms with Gasteiger partial charge in [0.05, 0.1) is 13.2 Å². The SMILES string of the molecule is C=C(C)C(=O)OCC(O)CO.C=CC(=O)OCCCCO. The summed E-state index contributed by atoms with van der Waals surface area (Å²) in [6, 6.07) is 0. The van der Waals surface area contributed by atoms with E-state index in [2.05, 4.69) is 22.6 Å². The van der Waals surface area contributed by atoms with Crippen LogP contribution in [0.5, 0.6) is 0 Å². The van der Waals surface area contributed by atoms with Crippen molar-refractivity contribution < 1.29 is 34.4 Å². The predicted octanol–water partition coefficient (Wildman–Crippen LogP) is -0.0530. The molecule has 0 fully saturated rings. The van der Waals surface area contributed by atoms with Crippen LogP contribution >= 0.6 is 0 Å². The van der Waals surface area contributed by atoms with E-state index in [-0.39, 0.29) is 18.8 Å². The Morgan fingerprint density at radius 2 is 1.86 bits per heavy atom. The molecular formula is C14H24O7. The van der Waals surface area contributed by atoms with Gasteiger partial charge in [0.25, 0.3) is 0 Å². The second-order valence-electron chi connectivity index (χ2n) is 4.02. The van der Waals surface area contributed by atoms with E-state index in [1.54, 1.807) is 0 Å². The molecule has 0 amide bonds. The summed E-state index contributed by atoms with van der Waals surface area (Å²) in [6.07, 6.45) is 1.50. The molecule has 0 saturated heterocycles. The summed E-state index contributed by atoms with van der Waals surface area (Å²) >= 11 is 0. The van der Waals surface area contributed by atoms with Gasteiger partial charge in [-0.3, -0.25) is 0 Å². The lowest BCUT2D eigenvalue weighted by atomic mass is 10.3. The first-order valence-electron chi connectivity index (χ1n) is 6.40. The maximum atomic E-state index is 10.6. The fraction of sp³-hybridized carbons (Fsp3) is 0.571. The summed E-state index contributed by atoms with van der Waals surface area (Å²) in [5.74, 6) is -0.963. The normalized spacial score (nSPS) is 10.7. The maximum Gasteiger partial charge on any atom is 0.333 e. The van der Waals surface area contributed by atoms with Gasteiger partial charge in [0.1, 0.15) is 12.7 Å². The van der Waals surface area contributed by atoms with Crippen LogP contribution in [0.3, 0.4) is 0 Å². The molecule has 0 saturated carbocycles. The molecule has 0 aromatic carbocycles. The molecule has 3 N–H and O–H groups in total. The minimum absolute atomic E-state index is 0.144. The molecule has 1 unspecified atom stereocenters. The molecule has 0 aromatic rings. The number of rotatable bonds is 9. The van der Waals surface area contributed by atoms with Crippen molar-refractivity contribution in [3.63, 3.8) is 0 Å². The van der Waals surface area contributed by atoms with Crippen LogP contribution in [0.4, 0.5) is 0 Å². The van der Waals surface area contributed by atoms with Crippen molar-refractivity contribution in [1.82, 2.24) is 0 Å². The Hall–Kier alpha value is -1.70. The van der Waals surface area contributed by atoms with Crippen molar-refractivity contribution in [3.8, 4) is 0 Å². The van der Waals surface area contributed by atoms with Crippen LogP contribution in [0.2, 0.25) is 0 Å². The summed E-state index contributed by atoms with van der Waals surface area (Å²) in [6.45, 7) is 7.99. The van der Waals surface area contributed by atoms with Gasteiger partial charge in [-0.2, -0.15) is 0 Å². The van der Waals surface area contributed by atoms with Crippen molar-refractivity contribution in [2.75, 3.05) is 26.4 Å². The molecular weight excluding hydrogens is 280 g/mol. The van der Waals surface area contributed by atoms with Crippen LogP contribution in [0.15, 0.2) is 24.8 Å². The van der Waals surface area contributed by atoms with Crippen molar-refractivity contribution in [3.05, 3.63) is 24.8 Å². The Morgan fingerprint density at radius 1 is 1.24 bits per heavy atom. The quantitative estimate of drug-likeness (QED) is 0.311. The van der Waals surface area contributed by atoms with Crippen molar-refractivity contribution in [1.29, 1.82) is 0 Å². The molecule has 7 nitrogen and oxygen atoms in total. The smallest absolute Gasteiger partial charge is 0.333 e. The standard InChI is InChI=1S/C7H12O4.C7H12O3/c1-5(2)7(10)11-4-6(9)3-8;1-2-7(9)10-6-4-3-5-8/h6,8-9H,1,3-4H2,2H3;2,8H,1,3-6H2. The van der Waals surface area contributed by atoms with Gasteiger partial charge in [0.15, 0.2) is 0 Å². The van der Waals surface area contributed by atoms with Crippen molar-refractivity contribution in [2.24, 2.45) is 0 Å². The van der Waals surface area contributed by atoms with Crippen LogP contribution < -0.4 is 0 Å². The number of unbranched alkanes of at least 4 members (excludes halogenated alkanes) is 1. The molecule has 0 aromatic heterocycles. The lowest BCUT2D eigenvalue weighted by Crippen LogP contribution is -2.22. The molecule has 7 heteroatoms. The molecule has 1 atom stereocenters. The Kier molecular flexibility index (Phi) is 15.1. The van der Waals surface area contributed by atoms with E-state index in [1.165, 1.54) is 6.92 Å². The summed E-state index contributed by atoms with van der Waals surface area (Å²) in [7, 11) is 0. The largest absolute Gasteiger partial charge is 0.463 e. The fourth-order valence-corrected chi connectivity index (χ4v) is 0.793. The van der Waals surface area contributed by atoms with Crippen molar-refractivity contribution >= 4 is 11.9 Å². The predicted molar refractivity (Wildman–Crippen MR) is 76.3 cm³/mol.